The second-order valence-corrected chi connectivity index (χ2v) is 10.3. The fourth-order valence-electron chi connectivity index (χ4n) is 3.95. The first-order valence-electron chi connectivity index (χ1n) is 11.2. The summed E-state index contributed by atoms with van der Waals surface area (Å²) in [6, 6.07) is 20.5. The molecule has 0 atom stereocenters. The zero-order valence-electron chi connectivity index (χ0n) is 19.3. The third kappa shape index (κ3) is 5.51. The lowest BCUT2D eigenvalue weighted by molar-refractivity contribution is -0.131. The van der Waals surface area contributed by atoms with Crippen molar-refractivity contribution in [2.24, 2.45) is 0 Å². The summed E-state index contributed by atoms with van der Waals surface area (Å²) in [5.74, 6) is -0.715. The summed E-state index contributed by atoms with van der Waals surface area (Å²) in [6.07, 6.45) is 0.170. The van der Waals surface area contributed by atoms with E-state index in [1.165, 1.54) is 35.6 Å². The van der Waals surface area contributed by atoms with E-state index in [1.54, 1.807) is 64.4 Å². The molecule has 0 N–H and O–H groups in total. The molecule has 0 spiro atoms. The summed E-state index contributed by atoms with van der Waals surface area (Å²) in [4.78, 5) is 29.0. The van der Waals surface area contributed by atoms with Gasteiger partial charge in [-0.15, -0.1) is 0 Å². The van der Waals surface area contributed by atoms with Crippen LogP contribution in [0.5, 0.6) is 0 Å². The lowest BCUT2D eigenvalue weighted by Gasteiger charge is -2.35. The van der Waals surface area contributed by atoms with Crippen molar-refractivity contribution in [3.63, 3.8) is 0 Å². The van der Waals surface area contributed by atoms with Crippen molar-refractivity contribution in [3.8, 4) is 0 Å². The Hall–Kier alpha value is -3.72. The number of sulfonamides is 1. The van der Waals surface area contributed by atoms with Crippen LogP contribution in [0.2, 0.25) is 0 Å². The van der Waals surface area contributed by atoms with E-state index >= 15 is 0 Å². The molecule has 2 amide bonds. The predicted molar refractivity (Wildman–Crippen MR) is 131 cm³/mol. The van der Waals surface area contributed by atoms with Gasteiger partial charge in [0, 0.05) is 38.8 Å². The zero-order valence-corrected chi connectivity index (χ0v) is 20.1. The SMILES string of the molecule is CN(c1ccccc1)S(=O)(=O)c1cccc(C(=O)N2CCN(C(=O)Cc3ccc(F)cc3)CC2)c1. The van der Waals surface area contributed by atoms with Gasteiger partial charge < -0.3 is 9.80 Å². The third-order valence-corrected chi connectivity index (χ3v) is 7.83. The number of carbonyl (C=O) groups excluding carboxylic acids is 2. The van der Waals surface area contributed by atoms with Gasteiger partial charge in [0.15, 0.2) is 0 Å². The van der Waals surface area contributed by atoms with Gasteiger partial charge >= 0.3 is 0 Å². The Morgan fingerprint density at radius 1 is 0.857 bits per heavy atom. The Morgan fingerprint density at radius 3 is 2.14 bits per heavy atom. The van der Waals surface area contributed by atoms with Gasteiger partial charge in [-0.3, -0.25) is 13.9 Å². The van der Waals surface area contributed by atoms with Crippen molar-refractivity contribution in [1.82, 2.24) is 9.80 Å². The fourth-order valence-corrected chi connectivity index (χ4v) is 5.20. The van der Waals surface area contributed by atoms with Gasteiger partial charge in [-0.1, -0.05) is 36.4 Å². The normalized spacial score (nSPS) is 14.0. The standard InChI is InChI=1S/C26H26FN3O4S/c1-28(23-7-3-2-4-8-23)35(33,34)24-9-5-6-21(19-24)26(32)30-16-14-29(15-17-30)25(31)18-20-10-12-22(27)13-11-20/h2-13,19H,14-18H2,1H3. The minimum Gasteiger partial charge on any atom is -0.339 e. The van der Waals surface area contributed by atoms with E-state index in [9.17, 15) is 22.4 Å². The van der Waals surface area contributed by atoms with Crippen LogP contribution in [0.25, 0.3) is 0 Å². The highest BCUT2D eigenvalue weighted by Crippen LogP contribution is 2.23. The van der Waals surface area contributed by atoms with Crippen molar-refractivity contribution >= 4 is 27.5 Å². The van der Waals surface area contributed by atoms with Crippen molar-refractivity contribution in [2.45, 2.75) is 11.3 Å². The Balaban J connectivity index is 1.40. The maximum absolute atomic E-state index is 13.1. The number of carbonyl (C=O) groups is 2. The summed E-state index contributed by atoms with van der Waals surface area (Å²) in [6.45, 7) is 1.44. The lowest BCUT2D eigenvalue weighted by Crippen LogP contribution is -2.51. The van der Waals surface area contributed by atoms with Gasteiger partial charge in [-0.2, -0.15) is 0 Å². The Bertz CT molecular complexity index is 1310. The highest BCUT2D eigenvalue weighted by molar-refractivity contribution is 7.92. The molecule has 3 aromatic carbocycles. The number of hydrogen-bond donors (Lipinski definition) is 0. The van der Waals surface area contributed by atoms with Gasteiger partial charge in [0.05, 0.1) is 17.0 Å². The number of benzene rings is 3. The number of nitrogens with zero attached hydrogens (tertiary/aromatic N) is 3. The topological polar surface area (TPSA) is 78.0 Å². The molecule has 0 unspecified atom stereocenters. The average molecular weight is 496 g/mol. The second-order valence-electron chi connectivity index (χ2n) is 8.31. The van der Waals surface area contributed by atoms with Gasteiger partial charge in [0.2, 0.25) is 5.91 Å². The molecule has 3 aromatic rings. The van der Waals surface area contributed by atoms with Crippen LogP contribution in [0.3, 0.4) is 0 Å². The minimum absolute atomic E-state index is 0.0304. The molecule has 4 rings (SSSR count). The van der Waals surface area contributed by atoms with Crippen LogP contribution in [0.15, 0.2) is 83.8 Å². The molecule has 1 saturated heterocycles. The van der Waals surface area contributed by atoms with Crippen LogP contribution in [0, 0.1) is 5.82 Å². The number of piperazine rings is 1. The average Bonchev–Trinajstić information content (AvgIpc) is 2.89. The van der Waals surface area contributed by atoms with Gasteiger partial charge in [0.1, 0.15) is 5.82 Å². The first-order chi connectivity index (χ1) is 16.8. The Morgan fingerprint density at radius 2 is 1.49 bits per heavy atom. The molecule has 1 fully saturated rings. The molecule has 7 nitrogen and oxygen atoms in total. The van der Waals surface area contributed by atoms with Crippen LogP contribution >= 0.6 is 0 Å². The Labute approximate surface area is 204 Å². The Kier molecular flexibility index (Phi) is 7.16. The number of halogens is 1. The molecule has 0 aromatic heterocycles. The quantitative estimate of drug-likeness (QED) is 0.526. The van der Waals surface area contributed by atoms with E-state index in [0.29, 0.717) is 31.9 Å². The molecule has 9 heteroatoms. The highest BCUT2D eigenvalue weighted by atomic mass is 32.2. The van der Waals surface area contributed by atoms with Crippen LogP contribution in [0.1, 0.15) is 15.9 Å². The predicted octanol–water partition coefficient (Wildman–Crippen LogP) is 3.18. The van der Waals surface area contributed by atoms with Crippen LogP contribution in [-0.2, 0) is 21.2 Å². The molecule has 0 saturated carbocycles. The maximum atomic E-state index is 13.1. The van der Waals surface area contributed by atoms with Crippen molar-refractivity contribution in [2.75, 3.05) is 37.5 Å². The molecule has 0 radical (unpaired) electrons. The lowest BCUT2D eigenvalue weighted by atomic mass is 10.1. The molecule has 35 heavy (non-hydrogen) atoms. The van der Waals surface area contributed by atoms with E-state index in [2.05, 4.69) is 0 Å². The molecule has 182 valence electrons. The monoisotopic (exact) mass is 495 g/mol. The number of anilines is 1. The largest absolute Gasteiger partial charge is 0.339 e. The highest BCUT2D eigenvalue weighted by Gasteiger charge is 2.27. The second kappa shape index (κ2) is 10.3. The van der Waals surface area contributed by atoms with Crippen molar-refractivity contribution in [1.29, 1.82) is 0 Å². The van der Waals surface area contributed by atoms with Crippen LogP contribution in [-0.4, -0.2) is 63.3 Å². The van der Waals surface area contributed by atoms with Crippen molar-refractivity contribution < 1.29 is 22.4 Å². The van der Waals surface area contributed by atoms with Gasteiger partial charge in [-0.05, 0) is 48.0 Å². The molecule has 0 aliphatic carbocycles. The van der Waals surface area contributed by atoms with E-state index in [4.69, 9.17) is 0 Å². The summed E-state index contributed by atoms with van der Waals surface area (Å²) < 4.78 is 40.5. The van der Waals surface area contributed by atoms with E-state index in [-0.39, 0.29) is 34.5 Å². The van der Waals surface area contributed by atoms with Gasteiger partial charge in [0.25, 0.3) is 15.9 Å². The molecular weight excluding hydrogens is 469 g/mol. The van der Waals surface area contributed by atoms with Crippen LogP contribution < -0.4 is 4.31 Å². The third-order valence-electron chi connectivity index (χ3n) is 6.05. The number of amides is 2. The first kappa shape index (κ1) is 24.4. The smallest absolute Gasteiger partial charge is 0.264 e. The van der Waals surface area contributed by atoms with Crippen LogP contribution in [0.4, 0.5) is 10.1 Å². The molecule has 1 heterocycles. The summed E-state index contributed by atoms with van der Waals surface area (Å²) in [7, 11) is -2.37. The molecular formula is C26H26FN3O4S. The zero-order chi connectivity index (χ0) is 25.0. The summed E-state index contributed by atoms with van der Waals surface area (Å²) in [5.41, 5.74) is 1.53. The summed E-state index contributed by atoms with van der Waals surface area (Å²) >= 11 is 0. The molecule has 1 aliphatic heterocycles. The van der Waals surface area contributed by atoms with E-state index < -0.39 is 10.0 Å². The van der Waals surface area contributed by atoms with Crippen molar-refractivity contribution in [3.05, 3.63) is 95.8 Å². The number of hydrogen-bond acceptors (Lipinski definition) is 4. The fraction of sp³-hybridized carbons (Fsp3) is 0.231. The molecule has 0 bridgehead atoms. The van der Waals surface area contributed by atoms with E-state index in [1.807, 2.05) is 0 Å². The van der Waals surface area contributed by atoms with E-state index in [0.717, 1.165) is 5.56 Å². The minimum atomic E-state index is -3.85. The maximum Gasteiger partial charge on any atom is 0.264 e. The number of rotatable bonds is 6. The summed E-state index contributed by atoms with van der Waals surface area (Å²) in [5, 5.41) is 0. The molecule has 1 aliphatic rings. The first-order valence-corrected chi connectivity index (χ1v) is 12.7. The number of para-hydroxylation sites is 1. The van der Waals surface area contributed by atoms with Gasteiger partial charge in [-0.25, -0.2) is 12.8 Å².